The monoisotopic (exact) mass is 276 g/mol. The van der Waals surface area contributed by atoms with Gasteiger partial charge in [0.2, 0.25) is 0 Å². The fraction of sp³-hybridized carbons (Fsp3) is 0.467. The second-order valence-electron chi connectivity index (χ2n) is 5.14. The molecular formula is C15H20N2O3. The van der Waals surface area contributed by atoms with Crippen molar-refractivity contribution in [2.24, 2.45) is 0 Å². The maximum Gasteiger partial charge on any atom is 0.325 e. The maximum absolute atomic E-state index is 11.9. The van der Waals surface area contributed by atoms with E-state index in [0.29, 0.717) is 19.4 Å². The van der Waals surface area contributed by atoms with Crippen LogP contribution in [0.2, 0.25) is 0 Å². The number of benzene rings is 1. The van der Waals surface area contributed by atoms with Gasteiger partial charge in [-0.05, 0) is 37.5 Å². The van der Waals surface area contributed by atoms with Crippen LogP contribution in [0.1, 0.15) is 25.8 Å². The number of imide groups is 1. The molecule has 0 saturated carbocycles. The number of carbonyl (C=O) groups excluding carboxylic acids is 2. The van der Waals surface area contributed by atoms with Crippen LogP contribution in [0.4, 0.5) is 4.79 Å². The number of nitrogens with one attached hydrogen (secondary N) is 1. The van der Waals surface area contributed by atoms with Crippen LogP contribution < -0.4 is 10.1 Å². The molecule has 20 heavy (non-hydrogen) atoms. The molecule has 5 nitrogen and oxygen atoms in total. The molecular weight excluding hydrogens is 256 g/mol. The SMILES string of the molecule is CCC1(C)C(=O)NC(=O)N1CCc1ccc(OC)cc1. The van der Waals surface area contributed by atoms with Gasteiger partial charge in [0, 0.05) is 6.54 Å². The van der Waals surface area contributed by atoms with Gasteiger partial charge in [-0.15, -0.1) is 0 Å². The number of carbonyl (C=O) groups is 2. The molecule has 1 aliphatic heterocycles. The molecule has 0 aromatic heterocycles. The number of amides is 3. The van der Waals surface area contributed by atoms with E-state index in [1.165, 1.54) is 0 Å². The van der Waals surface area contributed by atoms with Crippen LogP contribution in [0, 0.1) is 0 Å². The molecule has 0 radical (unpaired) electrons. The summed E-state index contributed by atoms with van der Waals surface area (Å²) in [5.41, 5.74) is 0.375. The lowest BCUT2D eigenvalue weighted by atomic mass is 9.97. The predicted molar refractivity (Wildman–Crippen MR) is 75.6 cm³/mol. The minimum absolute atomic E-state index is 0.209. The number of nitrogens with zero attached hydrogens (tertiary/aromatic N) is 1. The minimum Gasteiger partial charge on any atom is -0.497 e. The van der Waals surface area contributed by atoms with Gasteiger partial charge < -0.3 is 9.64 Å². The third kappa shape index (κ3) is 2.48. The number of ether oxygens (including phenoxy) is 1. The van der Waals surface area contributed by atoms with Gasteiger partial charge in [-0.1, -0.05) is 19.1 Å². The van der Waals surface area contributed by atoms with Crippen molar-refractivity contribution in [1.82, 2.24) is 10.2 Å². The van der Waals surface area contributed by atoms with Gasteiger partial charge in [0.25, 0.3) is 5.91 Å². The van der Waals surface area contributed by atoms with Gasteiger partial charge in [0.05, 0.1) is 7.11 Å². The fourth-order valence-corrected chi connectivity index (χ4v) is 2.38. The first-order chi connectivity index (χ1) is 9.51. The Hall–Kier alpha value is -2.04. The highest BCUT2D eigenvalue weighted by Gasteiger charge is 2.47. The van der Waals surface area contributed by atoms with Crippen molar-refractivity contribution in [3.8, 4) is 5.75 Å². The van der Waals surface area contributed by atoms with Crippen molar-refractivity contribution in [2.45, 2.75) is 32.2 Å². The van der Waals surface area contributed by atoms with E-state index in [2.05, 4.69) is 5.32 Å². The number of hydrogen-bond donors (Lipinski definition) is 1. The van der Waals surface area contributed by atoms with E-state index in [1.54, 1.807) is 18.9 Å². The van der Waals surface area contributed by atoms with Crippen LogP contribution in [-0.4, -0.2) is 36.0 Å². The van der Waals surface area contributed by atoms with E-state index in [1.807, 2.05) is 31.2 Å². The number of rotatable bonds is 5. The topological polar surface area (TPSA) is 58.6 Å². The van der Waals surface area contributed by atoms with Gasteiger partial charge in [-0.25, -0.2) is 4.79 Å². The number of methoxy groups -OCH3 is 1. The normalized spacial score (nSPS) is 22.1. The van der Waals surface area contributed by atoms with Crippen molar-refractivity contribution in [1.29, 1.82) is 0 Å². The lowest BCUT2D eigenvalue weighted by Crippen LogP contribution is -2.47. The third-order valence-corrected chi connectivity index (χ3v) is 4.02. The summed E-state index contributed by atoms with van der Waals surface area (Å²) in [5.74, 6) is 0.598. The van der Waals surface area contributed by atoms with Crippen LogP contribution in [0.25, 0.3) is 0 Å². The molecule has 0 aliphatic carbocycles. The van der Waals surface area contributed by atoms with Crippen molar-refractivity contribution < 1.29 is 14.3 Å². The summed E-state index contributed by atoms with van der Waals surface area (Å²) in [4.78, 5) is 25.3. The van der Waals surface area contributed by atoms with Crippen LogP contribution in [0.5, 0.6) is 5.75 Å². The average molecular weight is 276 g/mol. The Balaban J connectivity index is 2.05. The van der Waals surface area contributed by atoms with Crippen molar-refractivity contribution in [3.05, 3.63) is 29.8 Å². The molecule has 0 bridgehead atoms. The Morgan fingerprint density at radius 3 is 2.45 bits per heavy atom. The van der Waals surface area contributed by atoms with Crippen LogP contribution >= 0.6 is 0 Å². The summed E-state index contributed by atoms with van der Waals surface area (Å²) in [5, 5.41) is 2.39. The zero-order chi connectivity index (χ0) is 14.8. The first-order valence-electron chi connectivity index (χ1n) is 6.77. The quantitative estimate of drug-likeness (QED) is 0.836. The summed E-state index contributed by atoms with van der Waals surface area (Å²) in [6.45, 7) is 4.24. The van der Waals surface area contributed by atoms with Gasteiger partial charge in [-0.3, -0.25) is 10.1 Å². The van der Waals surface area contributed by atoms with Crippen LogP contribution in [-0.2, 0) is 11.2 Å². The molecule has 1 N–H and O–H groups in total. The molecule has 1 atom stereocenters. The summed E-state index contributed by atoms with van der Waals surface area (Å²) in [7, 11) is 1.63. The Morgan fingerprint density at radius 1 is 1.25 bits per heavy atom. The summed E-state index contributed by atoms with van der Waals surface area (Å²) in [6, 6.07) is 7.43. The summed E-state index contributed by atoms with van der Waals surface area (Å²) < 4.78 is 5.11. The van der Waals surface area contributed by atoms with Crippen molar-refractivity contribution in [2.75, 3.05) is 13.7 Å². The molecule has 1 aromatic carbocycles. The second-order valence-corrected chi connectivity index (χ2v) is 5.14. The highest BCUT2D eigenvalue weighted by atomic mass is 16.5. The molecule has 1 saturated heterocycles. The van der Waals surface area contributed by atoms with Crippen molar-refractivity contribution in [3.63, 3.8) is 0 Å². The zero-order valence-corrected chi connectivity index (χ0v) is 12.1. The van der Waals surface area contributed by atoms with E-state index in [-0.39, 0.29) is 11.9 Å². The lowest BCUT2D eigenvalue weighted by molar-refractivity contribution is -0.126. The third-order valence-electron chi connectivity index (χ3n) is 4.02. The molecule has 2 rings (SSSR count). The van der Waals surface area contributed by atoms with Crippen molar-refractivity contribution >= 4 is 11.9 Å². The Morgan fingerprint density at radius 2 is 1.90 bits per heavy atom. The molecule has 108 valence electrons. The summed E-state index contributed by atoms with van der Waals surface area (Å²) >= 11 is 0. The smallest absolute Gasteiger partial charge is 0.325 e. The van der Waals surface area contributed by atoms with E-state index >= 15 is 0 Å². The molecule has 0 spiro atoms. The number of urea groups is 1. The van der Waals surface area contributed by atoms with Gasteiger partial charge in [-0.2, -0.15) is 0 Å². The first kappa shape index (κ1) is 14.4. The largest absolute Gasteiger partial charge is 0.497 e. The van der Waals surface area contributed by atoms with Crippen LogP contribution in [0.3, 0.4) is 0 Å². The molecule has 1 heterocycles. The van der Waals surface area contributed by atoms with E-state index in [9.17, 15) is 9.59 Å². The highest BCUT2D eigenvalue weighted by Crippen LogP contribution is 2.25. The molecule has 1 aromatic rings. The highest BCUT2D eigenvalue weighted by molar-refractivity contribution is 6.06. The average Bonchev–Trinajstić information content (AvgIpc) is 2.68. The molecule has 1 aliphatic rings. The molecule has 1 fully saturated rings. The van der Waals surface area contributed by atoms with E-state index < -0.39 is 5.54 Å². The first-order valence-corrected chi connectivity index (χ1v) is 6.77. The lowest BCUT2D eigenvalue weighted by Gasteiger charge is -2.30. The molecule has 5 heteroatoms. The number of hydrogen-bond acceptors (Lipinski definition) is 3. The van der Waals surface area contributed by atoms with Gasteiger partial charge in [0.15, 0.2) is 0 Å². The van der Waals surface area contributed by atoms with Crippen LogP contribution in [0.15, 0.2) is 24.3 Å². The summed E-state index contributed by atoms with van der Waals surface area (Å²) in [6.07, 6.45) is 1.31. The Kier molecular flexibility index (Phi) is 3.97. The molecule has 3 amide bonds. The second kappa shape index (κ2) is 5.53. The van der Waals surface area contributed by atoms with E-state index in [4.69, 9.17) is 4.74 Å². The minimum atomic E-state index is -0.733. The Labute approximate surface area is 118 Å². The predicted octanol–water partition coefficient (Wildman–Crippen LogP) is 1.96. The van der Waals surface area contributed by atoms with Gasteiger partial charge in [0.1, 0.15) is 11.3 Å². The maximum atomic E-state index is 11.9. The van der Waals surface area contributed by atoms with E-state index in [0.717, 1.165) is 11.3 Å². The zero-order valence-electron chi connectivity index (χ0n) is 12.1. The fourth-order valence-electron chi connectivity index (χ4n) is 2.38. The standard InChI is InChI=1S/C15H20N2O3/c1-4-15(2)13(18)16-14(19)17(15)10-9-11-5-7-12(20-3)8-6-11/h5-8H,4,9-10H2,1-3H3,(H,16,18,19). The molecule has 1 unspecified atom stereocenters. The van der Waals surface area contributed by atoms with Gasteiger partial charge >= 0.3 is 6.03 Å². The Bertz CT molecular complexity index is 512.